The molecule has 36 heavy (non-hydrogen) atoms. The first-order chi connectivity index (χ1) is 17.4. The van der Waals surface area contributed by atoms with Gasteiger partial charge in [-0.3, -0.25) is 9.69 Å². The highest BCUT2D eigenvalue weighted by Gasteiger charge is 2.49. The Labute approximate surface area is 209 Å². The molecule has 184 valence electrons. The molecule has 1 fully saturated rings. The molecule has 0 saturated carbocycles. The van der Waals surface area contributed by atoms with Crippen molar-refractivity contribution in [1.82, 2.24) is 9.80 Å². The highest BCUT2D eigenvalue weighted by molar-refractivity contribution is 5.90. The standard InChI is InChI=1S/C29H28N2O5/c1-18(2)31-25(32)16-30(27(28(33)34)26(31)19-10-4-3-5-11-19)29(35)36-17-24-22-14-8-6-12-20(22)21-13-7-9-15-23(21)24/h3-15,18,24,26-27H,16-17H2,1-2H3,(H,33,34)/t26-,27+/m1/s1. The van der Waals surface area contributed by atoms with Crippen molar-refractivity contribution in [3.63, 3.8) is 0 Å². The Morgan fingerprint density at radius 3 is 2.03 bits per heavy atom. The van der Waals surface area contributed by atoms with Gasteiger partial charge < -0.3 is 14.7 Å². The van der Waals surface area contributed by atoms with Gasteiger partial charge in [-0.2, -0.15) is 0 Å². The molecule has 1 aliphatic carbocycles. The van der Waals surface area contributed by atoms with E-state index >= 15 is 0 Å². The van der Waals surface area contributed by atoms with Crippen molar-refractivity contribution in [1.29, 1.82) is 0 Å². The fraction of sp³-hybridized carbons (Fsp3) is 0.276. The van der Waals surface area contributed by atoms with Crippen LogP contribution < -0.4 is 0 Å². The second-order valence-corrected chi connectivity index (χ2v) is 9.47. The lowest BCUT2D eigenvalue weighted by molar-refractivity contribution is -0.157. The second-order valence-electron chi connectivity index (χ2n) is 9.47. The summed E-state index contributed by atoms with van der Waals surface area (Å²) >= 11 is 0. The summed E-state index contributed by atoms with van der Waals surface area (Å²) in [6.07, 6.45) is -0.804. The number of rotatable bonds is 5. The predicted octanol–water partition coefficient (Wildman–Crippen LogP) is 4.68. The second kappa shape index (κ2) is 9.49. The minimum atomic E-state index is -1.27. The summed E-state index contributed by atoms with van der Waals surface area (Å²) in [6.45, 7) is 3.38. The van der Waals surface area contributed by atoms with Gasteiger partial charge in [-0.05, 0) is 41.7 Å². The first kappa shape index (κ1) is 23.6. The number of ether oxygens (including phenoxy) is 1. The molecule has 0 spiro atoms. The molecule has 2 aliphatic rings. The average molecular weight is 485 g/mol. The van der Waals surface area contributed by atoms with Crippen LogP contribution in [0.3, 0.4) is 0 Å². The molecule has 2 amide bonds. The minimum absolute atomic E-state index is 0.0494. The van der Waals surface area contributed by atoms with E-state index in [1.54, 1.807) is 29.2 Å². The fourth-order valence-electron chi connectivity index (χ4n) is 5.53. The van der Waals surface area contributed by atoms with Crippen LogP contribution in [0.15, 0.2) is 78.9 Å². The van der Waals surface area contributed by atoms with Crippen molar-refractivity contribution in [3.8, 4) is 11.1 Å². The van der Waals surface area contributed by atoms with Crippen LogP contribution in [0.4, 0.5) is 4.79 Å². The van der Waals surface area contributed by atoms with E-state index in [1.165, 1.54) is 0 Å². The van der Waals surface area contributed by atoms with Gasteiger partial charge in [0.1, 0.15) is 13.2 Å². The lowest BCUT2D eigenvalue weighted by Gasteiger charge is -2.46. The van der Waals surface area contributed by atoms with Crippen molar-refractivity contribution in [2.45, 2.75) is 37.9 Å². The van der Waals surface area contributed by atoms with Gasteiger partial charge in [-0.1, -0.05) is 78.9 Å². The van der Waals surface area contributed by atoms with Gasteiger partial charge >= 0.3 is 12.1 Å². The highest BCUT2D eigenvalue weighted by atomic mass is 16.6. The maximum atomic E-state index is 13.4. The quantitative estimate of drug-likeness (QED) is 0.568. The zero-order valence-corrected chi connectivity index (χ0v) is 20.2. The third kappa shape index (κ3) is 4.00. The lowest BCUT2D eigenvalue weighted by Crippen LogP contribution is -2.63. The lowest BCUT2D eigenvalue weighted by atomic mass is 9.92. The van der Waals surface area contributed by atoms with Gasteiger partial charge in [0, 0.05) is 12.0 Å². The Hall–Kier alpha value is -4.13. The molecule has 0 bridgehead atoms. The molecule has 3 aromatic rings. The van der Waals surface area contributed by atoms with E-state index < -0.39 is 24.1 Å². The third-order valence-corrected chi connectivity index (χ3v) is 7.05. The first-order valence-electron chi connectivity index (χ1n) is 12.1. The van der Waals surface area contributed by atoms with Gasteiger partial charge in [-0.15, -0.1) is 0 Å². The normalized spacial score (nSPS) is 19.2. The molecule has 0 aromatic heterocycles. The van der Waals surface area contributed by atoms with Crippen molar-refractivity contribution in [2.24, 2.45) is 0 Å². The summed E-state index contributed by atoms with van der Waals surface area (Å²) in [5.41, 5.74) is 4.97. The molecule has 0 unspecified atom stereocenters. The molecular weight excluding hydrogens is 456 g/mol. The van der Waals surface area contributed by atoms with Crippen LogP contribution in [0.25, 0.3) is 11.1 Å². The van der Waals surface area contributed by atoms with Crippen molar-refractivity contribution in [3.05, 3.63) is 95.6 Å². The van der Waals surface area contributed by atoms with Gasteiger partial charge in [0.15, 0.2) is 6.04 Å². The van der Waals surface area contributed by atoms with E-state index in [-0.39, 0.29) is 31.0 Å². The number of aliphatic carboxylic acids is 1. The van der Waals surface area contributed by atoms with E-state index in [2.05, 4.69) is 0 Å². The number of benzene rings is 3. The zero-order chi connectivity index (χ0) is 25.4. The molecule has 0 radical (unpaired) electrons. The largest absolute Gasteiger partial charge is 0.480 e. The van der Waals surface area contributed by atoms with Gasteiger partial charge in [0.25, 0.3) is 0 Å². The van der Waals surface area contributed by atoms with Gasteiger partial charge in [0.2, 0.25) is 5.91 Å². The number of carboxylic acids is 1. The van der Waals surface area contributed by atoms with Crippen molar-refractivity contribution in [2.75, 3.05) is 13.2 Å². The summed E-state index contributed by atoms with van der Waals surface area (Å²) in [5, 5.41) is 10.2. The summed E-state index contributed by atoms with van der Waals surface area (Å²) < 4.78 is 5.74. The van der Waals surface area contributed by atoms with Crippen LogP contribution in [-0.4, -0.2) is 58.1 Å². The van der Waals surface area contributed by atoms with E-state index in [0.29, 0.717) is 5.56 Å². The zero-order valence-electron chi connectivity index (χ0n) is 20.2. The molecule has 5 rings (SSSR count). The predicted molar refractivity (Wildman–Crippen MR) is 134 cm³/mol. The first-order valence-corrected chi connectivity index (χ1v) is 12.1. The van der Waals surface area contributed by atoms with Crippen molar-refractivity contribution < 1.29 is 24.2 Å². The number of fused-ring (bicyclic) bond motifs is 3. The number of carbonyl (C=O) groups excluding carboxylic acids is 2. The minimum Gasteiger partial charge on any atom is -0.480 e. The maximum absolute atomic E-state index is 13.4. The van der Waals surface area contributed by atoms with Crippen molar-refractivity contribution >= 4 is 18.0 Å². The number of nitrogens with zero attached hydrogens (tertiary/aromatic N) is 2. The molecule has 1 N–H and O–H groups in total. The molecule has 1 heterocycles. The topological polar surface area (TPSA) is 87.2 Å². The average Bonchev–Trinajstić information content (AvgIpc) is 3.20. The highest BCUT2D eigenvalue weighted by Crippen LogP contribution is 2.44. The molecule has 1 aliphatic heterocycles. The smallest absolute Gasteiger partial charge is 0.411 e. The Kier molecular flexibility index (Phi) is 6.22. The molecule has 2 atom stereocenters. The van der Waals surface area contributed by atoms with E-state index in [0.717, 1.165) is 27.2 Å². The molecule has 7 nitrogen and oxygen atoms in total. The summed E-state index contributed by atoms with van der Waals surface area (Å²) in [6, 6.07) is 22.6. The third-order valence-electron chi connectivity index (χ3n) is 7.05. The Morgan fingerprint density at radius 2 is 1.47 bits per heavy atom. The number of piperazine rings is 1. The summed E-state index contributed by atoms with van der Waals surface area (Å²) in [7, 11) is 0. The van der Waals surface area contributed by atoms with Crippen LogP contribution in [0.5, 0.6) is 0 Å². The monoisotopic (exact) mass is 484 g/mol. The van der Waals surface area contributed by atoms with E-state index in [9.17, 15) is 19.5 Å². The number of carboxylic acid groups (broad SMARTS) is 1. The molecule has 1 saturated heterocycles. The Bertz CT molecular complexity index is 1260. The molecule has 7 heteroatoms. The number of amides is 2. The Balaban J connectivity index is 1.43. The molecular formula is C29H28N2O5. The number of carbonyl (C=O) groups is 3. The van der Waals surface area contributed by atoms with E-state index in [4.69, 9.17) is 4.74 Å². The maximum Gasteiger partial charge on any atom is 0.411 e. The van der Waals surface area contributed by atoms with Crippen LogP contribution >= 0.6 is 0 Å². The number of hydrogen-bond acceptors (Lipinski definition) is 4. The Morgan fingerprint density at radius 1 is 0.917 bits per heavy atom. The van der Waals surface area contributed by atoms with Crippen LogP contribution in [0, 0.1) is 0 Å². The fourth-order valence-corrected chi connectivity index (χ4v) is 5.53. The van der Waals surface area contributed by atoms with Gasteiger partial charge in [-0.25, -0.2) is 9.59 Å². The van der Waals surface area contributed by atoms with Crippen LogP contribution in [-0.2, 0) is 14.3 Å². The van der Waals surface area contributed by atoms with Crippen LogP contribution in [0.1, 0.15) is 42.5 Å². The van der Waals surface area contributed by atoms with Crippen LogP contribution in [0.2, 0.25) is 0 Å². The van der Waals surface area contributed by atoms with E-state index in [1.807, 2.05) is 68.4 Å². The SMILES string of the molecule is CC(C)N1C(=O)CN(C(=O)OCC2c3ccccc3-c3ccccc32)[C@H](C(=O)O)[C@H]1c1ccccc1. The summed E-state index contributed by atoms with van der Waals surface area (Å²) in [4.78, 5) is 41.7. The number of hydrogen-bond donors (Lipinski definition) is 1. The van der Waals surface area contributed by atoms with Gasteiger partial charge in [0.05, 0.1) is 6.04 Å². The molecule has 3 aromatic carbocycles. The summed E-state index contributed by atoms with van der Waals surface area (Å²) in [5.74, 6) is -1.66.